The normalized spacial score (nSPS) is 27.8. The van der Waals surface area contributed by atoms with Crippen LogP contribution in [-0.2, 0) is 6.54 Å². The van der Waals surface area contributed by atoms with E-state index in [9.17, 15) is 5.11 Å². The standard InChI is InChI=1S/C10H17N3O/c14-10-3-1-2-9(4-10)11-5-8-6-12-13-7-8/h6-7,9-11,14H,1-5H2,(H,12,13)/t9-,10+/m0/s1. The minimum atomic E-state index is -0.106. The molecule has 78 valence electrons. The number of aliphatic hydroxyl groups is 1. The molecule has 1 aromatic rings. The maximum absolute atomic E-state index is 9.48. The van der Waals surface area contributed by atoms with Crippen LogP contribution in [0.15, 0.2) is 12.4 Å². The van der Waals surface area contributed by atoms with E-state index < -0.39 is 0 Å². The molecular weight excluding hydrogens is 178 g/mol. The molecule has 2 rings (SSSR count). The quantitative estimate of drug-likeness (QED) is 0.668. The maximum Gasteiger partial charge on any atom is 0.0555 e. The second kappa shape index (κ2) is 4.57. The Kier molecular flexibility index (Phi) is 3.16. The molecule has 14 heavy (non-hydrogen) atoms. The Morgan fingerprint density at radius 3 is 3.21 bits per heavy atom. The number of hydrogen-bond acceptors (Lipinski definition) is 3. The van der Waals surface area contributed by atoms with Crippen LogP contribution in [0.5, 0.6) is 0 Å². The van der Waals surface area contributed by atoms with Crippen LogP contribution in [0.4, 0.5) is 0 Å². The van der Waals surface area contributed by atoms with Gasteiger partial charge < -0.3 is 10.4 Å². The number of H-pyrrole nitrogens is 1. The third-order valence-corrected chi connectivity index (χ3v) is 2.80. The number of rotatable bonds is 3. The molecular formula is C10H17N3O. The molecule has 1 heterocycles. The van der Waals surface area contributed by atoms with Crippen molar-refractivity contribution >= 4 is 0 Å². The van der Waals surface area contributed by atoms with Crippen molar-refractivity contribution < 1.29 is 5.11 Å². The molecule has 0 aromatic carbocycles. The molecule has 4 nitrogen and oxygen atoms in total. The van der Waals surface area contributed by atoms with Crippen molar-refractivity contribution in [2.45, 2.75) is 44.4 Å². The summed E-state index contributed by atoms with van der Waals surface area (Å²) in [5.41, 5.74) is 1.17. The van der Waals surface area contributed by atoms with Crippen LogP contribution in [0.25, 0.3) is 0 Å². The fraction of sp³-hybridized carbons (Fsp3) is 0.700. The molecule has 2 atom stereocenters. The van der Waals surface area contributed by atoms with Crippen LogP contribution in [-0.4, -0.2) is 27.4 Å². The lowest BCUT2D eigenvalue weighted by Gasteiger charge is -2.26. The molecule has 1 saturated carbocycles. The van der Waals surface area contributed by atoms with Gasteiger partial charge in [0.2, 0.25) is 0 Å². The lowest BCUT2D eigenvalue weighted by atomic mass is 9.93. The predicted molar refractivity (Wildman–Crippen MR) is 53.7 cm³/mol. The molecule has 0 aliphatic heterocycles. The Balaban J connectivity index is 1.75. The summed E-state index contributed by atoms with van der Waals surface area (Å²) in [6.45, 7) is 0.841. The van der Waals surface area contributed by atoms with E-state index in [1.165, 1.54) is 12.0 Å². The van der Waals surface area contributed by atoms with Crippen molar-refractivity contribution in [1.82, 2.24) is 15.5 Å². The molecule has 0 amide bonds. The van der Waals surface area contributed by atoms with Gasteiger partial charge in [0.05, 0.1) is 12.3 Å². The van der Waals surface area contributed by atoms with E-state index in [4.69, 9.17) is 0 Å². The first kappa shape index (κ1) is 9.68. The van der Waals surface area contributed by atoms with Crippen molar-refractivity contribution in [3.05, 3.63) is 18.0 Å². The van der Waals surface area contributed by atoms with Crippen LogP contribution in [0.2, 0.25) is 0 Å². The molecule has 1 aliphatic rings. The maximum atomic E-state index is 9.48. The molecule has 0 radical (unpaired) electrons. The molecule has 1 aromatic heterocycles. The highest BCUT2D eigenvalue weighted by Crippen LogP contribution is 2.18. The van der Waals surface area contributed by atoms with Crippen molar-refractivity contribution in [1.29, 1.82) is 0 Å². The largest absolute Gasteiger partial charge is 0.393 e. The smallest absolute Gasteiger partial charge is 0.0555 e. The number of aromatic amines is 1. The van der Waals surface area contributed by atoms with Gasteiger partial charge in [-0.05, 0) is 25.7 Å². The topological polar surface area (TPSA) is 60.9 Å². The first-order chi connectivity index (χ1) is 6.84. The van der Waals surface area contributed by atoms with Crippen LogP contribution in [0.1, 0.15) is 31.2 Å². The van der Waals surface area contributed by atoms with Crippen molar-refractivity contribution in [3.63, 3.8) is 0 Å². The molecule has 0 spiro atoms. The first-order valence-corrected chi connectivity index (χ1v) is 5.23. The van der Waals surface area contributed by atoms with Crippen LogP contribution < -0.4 is 5.32 Å². The minimum Gasteiger partial charge on any atom is -0.393 e. The zero-order valence-corrected chi connectivity index (χ0v) is 8.24. The second-order valence-corrected chi connectivity index (χ2v) is 4.00. The Labute approximate surface area is 83.7 Å². The zero-order valence-electron chi connectivity index (χ0n) is 8.24. The average Bonchev–Trinajstić information content (AvgIpc) is 2.67. The highest BCUT2D eigenvalue weighted by molar-refractivity contribution is 5.01. The van der Waals surface area contributed by atoms with Gasteiger partial charge in [-0.2, -0.15) is 5.10 Å². The molecule has 3 N–H and O–H groups in total. The fourth-order valence-corrected chi connectivity index (χ4v) is 1.99. The average molecular weight is 195 g/mol. The van der Waals surface area contributed by atoms with Crippen molar-refractivity contribution in [2.75, 3.05) is 0 Å². The van der Waals surface area contributed by atoms with Crippen LogP contribution in [0.3, 0.4) is 0 Å². The lowest BCUT2D eigenvalue weighted by molar-refractivity contribution is 0.111. The Morgan fingerprint density at radius 2 is 2.50 bits per heavy atom. The number of nitrogens with zero attached hydrogens (tertiary/aromatic N) is 1. The van der Waals surface area contributed by atoms with E-state index >= 15 is 0 Å². The van der Waals surface area contributed by atoms with E-state index in [-0.39, 0.29) is 6.10 Å². The number of hydrogen-bond donors (Lipinski definition) is 3. The van der Waals surface area contributed by atoms with Gasteiger partial charge in [0.1, 0.15) is 0 Å². The molecule has 1 aliphatic carbocycles. The van der Waals surface area contributed by atoms with Gasteiger partial charge >= 0.3 is 0 Å². The van der Waals surface area contributed by atoms with E-state index in [2.05, 4.69) is 15.5 Å². The summed E-state index contributed by atoms with van der Waals surface area (Å²) in [6.07, 6.45) is 7.77. The van der Waals surface area contributed by atoms with Crippen molar-refractivity contribution in [3.8, 4) is 0 Å². The SMILES string of the molecule is O[C@@H]1CCC[C@H](NCc2cn[nH]c2)C1. The summed E-state index contributed by atoms with van der Waals surface area (Å²) in [5.74, 6) is 0. The monoisotopic (exact) mass is 195 g/mol. The van der Waals surface area contributed by atoms with Gasteiger partial charge in [-0.25, -0.2) is 0 Å². The first-order valence-electron chi connectivity index (χ1n) is 5.23. The third-order valence-electron chi connectivity index (χ3n) is 2.80. The Bertz CT molecular complexity index is 260. The summed E-state index contributed by atoms with van der Waals surface area (Å²) in [7, 11) is 0. The predicted octanol–water partition coefficient (Wildman–Crippen LogP) is 0.803. The summed E-state index contributed by atoms with van der Waals surface area (Å²) >= 11 is 0. The number of aromatic nitrogens is 2. The van der Waals surface area contributed by atoms with Gasteiger partial charge in [0.25, 0.3) is 0 Å². The van der Waals surface area contributed by atoms with Crippen molar-refractivity contribution in [2.24, 2.45) is 0 Å². The second-order valence-electron chi connectivity index (χ2n) is 4.00. The summed E-state index contributed by atoms with van der Waals surface area (Å²) in [4.78, 5) is 0. The summed E-state index contributed by atoms with van der Waals surface area (Å²) in [5, 5.41) is 19.6. The molecule has 4 heteroatoms. The molecule has 0 bridgehead atoms. The summed E-state index contributed by atoms with van der Waals surface area (Å²) < 4.78 is 0. The van der Waals surface area contributed by atoms with E-state index in [0.717, 1.165) is 25.8 Å². The van der Waals surface area contributed by atoms with E-state index in [1.54, 1.807) is 0 Å². The van der Waals surface area contributed by atoms with Gasteiger partial charge in [0, 0.05) is 24.3 Å². The number of aliphatic hydroxyl groups excluding tert-OH is 1. The highest BCUT2D eigenvalue weighted by Gasteiger charge is 2.19. The van der Waals surface area contributed by atoms with Gasteiger partial charge in [-0.3, -0.25) is 5.10 Å². The number of nitrogens with one attached hydrogen (secondary N) is 2. The van der Waals surface area contributed by atoms with Gasteiger partial charge in [-0.1, -0.05) is 0 Å². The Morgan fingerprint density at radius 1 is 1.57 bits per heavy atom. The highest BCUT2D eigenvalue weighted by atomic mass is 16.3. The summed E-state index contributed by atoms with van der Waals surface area (Å²) in [6, 6.07) is 0.466. The van der Waals surface area contributed by atoms with Gasteiger partial charge in [-0.15, -0.1) is 0 Å². The fourth-order valence-electron chi connectivity index (χ4n) is 1.99. The molecule has 0 saturated heterocycles. The molecule has 1 fully saturated rings. The van der Waals surface area contributed by atoms with E-state index in [1.807, 2.05) is 12.4 Å². The molecule has 0 unspecified atom stereocenters. The van der Waals surface area contributed by atoms with Crippen LogP contribution in [0, 0.1) is 0 Å². The van der Waals surface area contributed by atoms with Gasteiger partial charge in [0.15, 0.2) is 0 Å². The lowest BCUT2D eigenvalue weighted by Crippen LogP contribution is -2.35. The van der Waals surface area contributed by atoms with Crippen LogP contribution >= 0.6 is 0 Å². The zero-order chi connectivity index (χ0) is 9.80. The third kappa shape index (κ3) is 2.56. The van der Waals surface area contributed by atoms with E-state index in [0.29, 0.717) is 6.04 Å². The minimum absolute atomic E-state index is 0.106. The Hall–Kier alpha value is -0.870.